The average molecular weight is 447 g/mol. The van der Waals surface area contributed by atoms with Gasteiger partial charge < -0.3 is 14.7 Å². The highest BCUT2D eigenvalue weighted by Gasteiger charge is 2.25. The van der Waals surface area contributed by atoms with Gasteiger partial charge in [-0.2, -0.15) is 4.98 Å². The van der Waals surface area contributed by atoms with Gasteiger partial charge in [-0.15, -0.1) is 0 Å². The molecule has 1 N–H and O–H groups in total. The minimum Gasteiger partial charge on any atom is -0.356 e. The monoisotopic (exact) mass is 446 g/mol. The number of aryl methyl sites for hydroxylation is 3. The number of nitrogens with one attached hydrogen (secondary N) is 1. The SMILES string of the molecule is Cc1ccccc1-c1noc(CCC(=O)NC2CCN(c3ncnc4c3CCCC4)CC2)n1. The molecule has 172 valence electrons. The molecule has 1 aliphatic carbocycles. The summed E-state index contributed by atoms with van der Waals surface area (Å²) in [6.45, 7) is 3.82. The minimum atomic E-state index is 0.0310. The Labute approximate surface area is 193 Å². The third-order valence-corrected chi connectivity index (χ3v) is 6.68. The van der Waals surface area contributed by atoms with Crippen molar-refractivity contribution in [1.29, 1.82) is 0 Å². The molecule has 8 heteroatoms. The molecule has 0 atom stereocenters. The van der Waals surface area contributed by atoms with Crippen LogP contribution in [0, 0.1) is 6.92 Å². The third kappa shape index (κ3) is 4.89. The topological polar surface area (TPSA) is 97.0 Å². The predicted octanol–water partition coefficient (Wildman–Crippen LogP) is 3.43. The van der Waals surface area contributed by atoms with Crippen LogP contribution in [0.4, 0.5) is 5.82 Å². The Morgan fingerprint density at radius 1 is 1.15 bits per heavy atom. The summed E-state index contributed by atoms with van der Waals surface area (Å²) in [6, 6.07) is 8.12. The second kappa shape index (κ2) is 9.68. The summed E-state index contributed by atoms with van der Waals surface area (Å²) in [5.41, 5.74) is 4.59. The first-order valence-corrected chi connectivity index (χ1v) is 11.9. The third-order valence-electron chi connectivity index (χ3n) is 6.68. The number of anilines is 1. The van der Waals surface area contributed by atoms with Gasteiger partial charge in [0, 0.05) is 48.8 Å². The molecule has 1 amide bonds. The van der Waals surface area contributed by atoms with Crippen molar-refractivity contribution in [3.05, 3.63) is 53.3 Å². The number of amides is 1. The van der Waals surface area contributed by atoms with E-state index in [1.54, 1.807) is 6.33 Å². The molecule has 0 unspecified atom stereocenters. The molecule has 5 rings (SSSR count). The summed E-state index contributed by atoms with van der Waals surface area (Å²) >= 11 is 0. The molecule has 0 radical (unpaired) electrons. The lowest BCUT2D eigenvalue weighted by Crippen LogP contribution is -2.45. The largest absolute Gasteiger partial charge is 0.356 e. The molecule has 1 aliphatic heterocycles. The number of aromatic nitrogens is 4. The van der Waals surface area contributed by atoms with E-state index in [2.05, 4.69) is 30.3 Å². The maximum atomic E-state index is 12.5. The molecular weight excluding hydrogens is 416 g/mol. The molecule has 1 fully saturated rings. The fourth-order valence-corrected chi connectivity index (χ4v) is 4.82. The van der Waals surface area contributed by atoms with E-state index >= 15 is 0 Å². The lowest BCUT2D eigenvalue weighted by atomic mass is 9.95. The number of hydrogen-bond acceptors (Lipinski definition) is 7. The van der Waals surface area contributed by atoms with E-state index in [9.17, 15) is 4.79 Å². The smallest absolute Gasteiger partial charge is 0.227 e. The molecule has 33 heavy (non-hydrogen) atoms. The Morgan fingerprint density at radius 2 is 1.97 bits per heavy atom. The first kappa shape index (κ1) is 21.6. The number of hydrogen-bond donors (Lipinski definition) is 1. The Balaban J connectivity index is 1.10. The summed E-state index contributed by atoms with van der Waals surface area (Å²) in [5.74, 6) is 2.20. The zero-order valence-electron chi connectivity index (χ0n) is 19.1. The number of rotatable bonds is 6. The zero-order valence-corrected chi connectivity index (χ0v) is 19.1. The van der Waals surface area contributed by atoms with Crippen LogP contribution in [0.15, 0.2) is 35.1 Å². The summed E-state index contributed by atoms with van der Waals surface area (Å²) in [4.78, 5) is 28.4. The molecule has 8 nitrogen and oxygen atoms in total. The highest BCUT2D eigenvalue weighted by molar-refractivity contribution is 5.76. The van der Waals surface area contributed by atoms with Gasteiger partial charge in [0.25, 0.3) is 0 Å². The summed E-state index contributed by atoms with van der Waals surface area (Å²) in [7, 11) is 0. The first-order chi connectivity index (χ1) is 16.2. The molecule has 1 aromatic carbocycles. The summed E-state index contributed by atoms with van der Waals surface area (Å²) in [6.07, 6.45) is 8.89. The molecule has 0 bridgehead atoms. The van der Waals surface area contributed by atoms with E-state index in [1.165, 1.54) is 24.1 Å². The van der Waals surface area contributed by atoms with Crippen LogP contribution >= 0.6 is 0 Å². The maximum absolute atomic E-state index is 12.5. The van der Waals surface area contributed by atoms with Crippen LogP contribution in [0.1, 0.15) is 54.8 Å². The molecule has 3 aromatic rings. The standard InChI is InChI=1S/C25H30N6O2/c1-17-6-2-3-7-19(17)24-29-23(33-30-24)11-10-22(32)28-18-12-14-31(15-13-18)25-20-8-4-5-9-21(20)26-16-27-25/h2-3,6-7,16,18H,4-5,8-15H2,1H3,(H,28,32). The van der Waals surface area contributed by atoms with Gasteiger partial charge in [-0.1, -0.05) is 29.4 Å². The lowest BCUT2D eigenvalue weighted by Gasteiger charge is -2.35. The molecule has 0 spiro atoms. The quantitative estimate of drug-likeness (QED) is 0.619. The number of carbonyl (C=O) groups excluding carboxylic acids is 1. The van der Waals surface area contributed by atoms with Crippen LogP contribution in [-0.4, -0.2) is 45.1 Å². The van der Waals surface area contributed by atoms with E-state index in [1.807, 2.05) is 31.2 Å². The van der Waals surface area contributed by atoms with Crippen molar-refractivity contribution in [3.8, 4) is 11.4 Å². The second-order valence-corrected chi connectivity index (χ2v) is 8.99. The van der Waals surface area contributed by atoms with E-state index in [0.29, 0.717) is 24.6 Å². The van der Waals surface area contributed by atoms with Crippen LogP contribution in [-0.2, 0) is 24.1 Å². The lowest BCUT2D eigenvalue weighted by molar-refractivity contribution is -0.122. The first-order valence-electron chi connectivity index (χ1n) is 11.9. The normalized spacial score (nSPS) is 16.5. The van der Waals surface area contributed by atoms with Gasteiger partial charge in [0.05, 0.1) is 0 Å². The van der Waals surface area contributed by atoms with E-state index < -0.39 is 0 Å². The van der Waals surface area contributed by atoms with Gasteiger partial charge in [-0.25, -0.2) is 9.97 Å². The van der Waals surface area contributed by atoms with Crippen LogP contribution in [0.5, 0.6) is 0 Å². The molecule has 2 aliphatic rings. The molecule has 0 saturated carbocycles. The van der Waals surface area contributed by atoms with Crippen LogP contribution in [0.2, 0.25) is 0 Å². The van der Waals surface area contributed by atoms with Crippen molar-refractivity contribution in [1.82, 2.24) is 25.4 Å². The summed E-state index contributed by atoms with van der Waals surface area (Å²) in [5, 5.41) is 7.26. The van der Waals surface area contributed by atoms with E-state index in [-0.39, 0.29) is 11.9 Å². The fourth-order valence-electron chi connectivity index (χ4n) is 4.82. The number of fused-ring (bicyclic) bond motifs is 1. The highest BCUT2D eigenvalue weighted by atomic mass is 16.5. The number of benzene rings is 1. The molecule has 1 saturated heterocycles. The molecule has 3 heterocycles. The highest BCUT2D eigenvalue weighted by Crippen LogP contribution is 2.29. The van der Waals surface area contributed by atoms with Gasteiger partial charge in [0.15, 0.2) is 0 Å². The van der Waals surface area contributed by atoms with Crippen molar-refractivity contribution < 1.29 is 9.32 Å². The molecule has 2 aromatic heterocycles. The Kier molecular flexibility index (Phi) is 6.32. The van der Waals surface area contributed by atoms with Crippen molar-refractivity contribution in [2.75, 3.05) is 18.0 Å². The van der Waals surface area contributed by atoms with E-state index in [4.69, 9.17) is 4.52 Å². The van der Waals surface area contributed by atoms with Crippen molar-refractivity contribution in [2.45, 2.75) is 64.3 Å². The van der Waals surface area contributed by atoms with Gasteiger partial charge in [0.1, 0.15) is 12.1 Å². The molecular formula is C25H30N6O2. The number of carbonyl (C=O) groups is 1. The van der Waals surface area contributed by atoms with Gasteiger partial charge in [-0.3, -0.25) is 4.79 Å². The van der Waals surface area contributed by atoms with Crippen molar-refractivity contribution in [2.24, 2.45) is 0 Å². The van der Waals surface area contributed by atoms with Gasteiger partial charge in [0.2, 0.25) is 17.6 Å². The average Bonchev–Trinajstić information content (AvgIpc) is 3.32. The Hall–Kier alpha value is -3.29. The van der Waals surface area contributed by atoms with Crippen molar-refractivity contribution >= 4 is 11.7 Å². The maximum Gasteiger partial charge on any atom is 0.227 e. The number of nitrogens with zero attached hydrogens (tertiary/aromatic N) is 5. The Bertz CT molecular complexity index is 1120. The van der Waals surface area contributed by atoms with Crippen LogP contribution in [0.3, 0.4) is 0 Å². The Morgan fingerprint density at radius 3 is 2.82 bits per heavy atom. The zero-order chi connectivity index (χ0) is 22.6. The van der Waals surface area contributed by atoms with Crippen LogP contribution < -0.4 is 10.2 Å². The number of piperidine rings is 1. The predicted molar refractivity (Wildman–Crippen MR) is 125 cm³/mol. The second-order valence-electron chi connectivity index (χ2n) is 8.99. The van der Waals surface area contributed by atoms with Crippen LogP contribution in [0.25, 0.3) is 11.4 Å². The van der Waals surface area contributed by atoms with Crippen molar-refractivity contribution in [3.63, 3.8) is 0 Å². The van der Waals surface area contributed by atoms with Gasteiger partial charge >= 0.3 is 0 Å². The summed E-state index contributed by atoms with van der Waals surface area (Å²) < 4.78 is 5.36. The van der Waals surface area contributed by atoms with E-state index in [0.717, 1.165) is 55.7 Å². The van der Waals surface area contributed by atoms with Gasteiger partial charge in [-0.05, 0) is 51.0 Å². The minimum absolute atomic E-state index is 0.0310. The fraction of sp³-hybridized carbons (Fsp3) is 0.480.